The Morgan fingerprint density at radius 2 is 1.64 bits per heavy atom. The first-order chi connectivity index (χ1) is 10.7. The van der Waals surface area contributed by atoms with Gasteiger partial charge in [0.1, 0.15) is 6.61 Å². The van der Waals surface area contributed by atoms with Crippen LogP contribution in [0.3, 0.4) is 0 Å². The average molecular weight is 296 g/mol. The summed E-state index contributed by atoms with van der Waals surface area (Å²) in [5.41, 5.74) is 1.67. The molecule has 0 spiro atoms. The third kappa shape index (κ3) is 4.31. The molecule has 0 atom stereocenters. The number of hydrogen-bond donors (Lipinski definition) is 0. The summed E-state index contributed by atoms with van der Waals surface area (Å²) in [5.74, 6) is -0.970. The Morgan fingerprint density at radius 3 is 2.32 bits per heavy atom. The molecule has 22 heavy (non-hydrogen) atoms. The summed E-state index contributed by atoms with van der Waals surface area (Å²) in [4.78, 5) is 23.3. The fraction of sp³-hybridized carbons (Fsp3) is 0.111. The minimum absolute atomic E-state index is 0.163. The topological polar surface area (TPSA) is 52.6 Å². The van der Waals surface area contributed by atoms with Gasteiger partial charge in [0, 0.05) is 0 Å². The average Bonchev–Trinajstić information content (AvgIpc) is 2.59. The fourth-order valence-electron chi connectivity index (χ4n) is 1.85. The van der Waals surface area contributed by atoms with Crippen LogP contribution in [0.2, 0.25) is 0 Å². The predicted molar refractivity (Wildman–Crippen MR) is 83.5 cm³/mol. The number of carbonyl (C=O) groups is 2. The van der Waals surface area contributed by atoms with Crippen molar-refractivity contribution in [1.29, 1.82) is 0 Å². The van der Waals surface area contributed by atoms with Crippen molar-refractivity contribution < 1.29 is 19.1 Å². The first-order valence-electron chi connectivity index (χ1n) is 6.78. The Morgan fingerprint density at radius 1 is 0.955 bits per heavy atom. The zero-order valence-electron chi connectivity index (χ0n) is 12.2. The highest BCUT2D eigenvalue weighted by Gasteiger charge is 2.11. The van der Waals surface area contributed by atoms with E-state index in [9.17, 15) is 9.59 Å². The van der Waals surface area contributed by atoms with E-state index in [1.807, 2.05) is 36.4 Å². The molecular formula is C18H16O4. The molecule has 112 valence electrons. The predicted octanol–water partition coefficient (Wildman–Crippen LogP) is 3.34. The first kappa shape index (κ1) is 15.5. The van der Waals surface area contributed by atoms with Crippen LogP contribution in [0.1, 0.15) is 26.3 Å². The van der Waals surface area contributed by atoms with Crippen LogP contribution in [-0.2, 0) is 9.47 Å². The van der Waals surface area contributed by atoms with Gasteiger partial charge in [0.05, 0.1) is 18.2 Å². The summed E-state index contributed by atoms with van der Waals surface area (Å²) in [6.07, 6.45) is 3.63. The third-order valence-corrected chi connectivity index (χ3v) is 2.94. The molecule has 2 rings (SSSR count). The zero-order valence-corrected chi connectivity index (χ0v) is 12.2. The molecule has 0 saturated carbocycles. The molecule has 0 aliphatic rings. The van der Waals surface area contributed by atoms with Crippen molar-refractivity contribution in [1.82, 2.24) is 0 Å². The third-order valence-electron chi connectivity index (χ3n) is 2.94. The van der Waals surface area contributed by atoms with Gasteiger partial charge in [0.25, 0.3) is 0 Å². The smallest absolute Gasteiger partial charge is 0.338 e. The van der Waals surface area contributed by atoms with Gasteiger partial charge >= 0.3 is 11.9 Å². The van der Waals surface area contributed by atoms with E-state index < -0.39 is 11.9 Å². The van der Waals surface area contributed by atoms with E-state index in [0.717, 1.165) is 5.56 Å². The van der Waals surface area contributed by atoms with E-state index in [2.05, 4.69) is 4.74 Å². The summed E-state index contributed by atoms with van der Waals surface area (Å²) in [6, 6.07) is 16.0. The van der Waals surface area contributed by atoms with E-state index >= 15 is 0 Å². The van der Waals surface area contributed by atoms with E-state index in [-0.39, 0.29) is 6.61 Å². The minimum Gasteiger partial charge on any atom is -0.465 e. The molecule has 0 saturated heterocycles. The van der Waals surface area contributed by atoms with Gasteiger partial charge in [-0.2, -0.15) is 0 Å². The molecule has 4 heteroatoms. The summed E-state index contributed by atoms with van der Waals surface area (Å²) >= 11 is 0. The summed E-state index contributed by atoms with van der Waals surface area (Å²) in [5, 5.41) is 0. The highest BCUT2D eigenvalue weighted by atomic mass is 16.5. The van der Waals surface area contributed by atoms with Crippen LogP contribution in [0.4, 0.5) is 0 Å². The number of ether oxygens (including phenoxy) is 2. The maximum absolute atomic E-state index is 11.9. The zero-order chi connectivity index (χ0) is 15.8. The highest BCUT2D eigenvalue weighted by molar-refractivity contribution is 5.95. The van der Waals surface area contributed by atoms with E-state index in [0.29, 0.717) is 11.1 Å². The molecule has 0 heterocycles. The Balaban J connectivity index is 1.92. The molecule has 2 aromatic carbocycles. The van der Waals surface area contributed by atoms with Crippen molar-refractivity contribution in [3.05, 3.63) is 77.4 Å². The molecule has 0 unspecified atom stereocenters. The van der Waals surface area contributed by atoms with Crippen molar-refractivity contribution in [3.8, 4) is 0 Å². The number of rotatable bonds is 5. The number of methoxy groups -OCH3 is 1. The Kier molecular flexibility index (Phi) is 5.49. The summed E-state index contributed by atoms with van der Waals surface area (Å²) in [7, 11) is 1.29. The number of benzene rings is 2. The number of carbonyl (C=O) groups excluding carboxylic acids is 2. The van der Waals surface area contributed by atoms with Gasteiger partial charge < -0.3 is 9.47 Å². The lowest BCUT2D eigenvalue weighted by Gasteiger charge is -2.04. The standard InChI is InChI=1S/C18H16O4/c1-21-17(19)15-10-5-11-16(13-15)18(20)22-12-6-9-14-7-3-2-4-8-14/h2-11,13H,12H2,1H3/b9-6+. The maximum atomic E-state index is 11.9. The van der Waals surface area contributed by atoms with Crippen molar-refractivity contribution in [2.45, 2.75) is 0 Å². The normalized spacial score (nSPS) is 10.4. The molecule has 0 aliphatic carbocycles. The van der Waals surface area contributed by atoms with Crippen LogP contribution >= 0.6 is 0 Å². The Labute approximate surface area is 129 Å². The molecule has 2 aromatic rings. The van der Waals surface area contributed by atoms with Crippen molar-refractivity contribution in [2.75, 3.05) is 13.7 Å². The molecule has 0 aliphatic heterocycles. The second-order valence-electron chi connectivity index (χ2n) is 4.48. The maximum Gasteiger partial charge on any atom is 0.338 e. The molecule has 0 N–H and O–H groups in total. The summed E-state index contributed by atoms with van der Waals surface area (Å²) < 4.78 is 9.76. The van der Waals surface area contributed by atoms with Gasteiger partial charge in [0.2, 0.25) is 0 Å². The molecular weight excluding hydrogens is 280 g/mol. The van der Waals surface area contributed by atoms with Crippen LogP contribution in [0.15, 0.2) is 60.7 Å². The van der Waals surface area contributed by atoms with E-state index in [4.69, 9.17) is 4.74 Å². The van der Waals surface area contributed by atoms with Crippen LogP contribution in [0, 0.1) is 0 Å². The number of hydrogen-bond acceptors (Lipinski definition) is 4. The molecule has 0 radical (unpaired) electrons. The molecule has 0 amide bonds. The lowest BCUT2D eigenvalue weighted by molar-refractivity contribution is 0.0550. The second kappa shape index (κ2) is 7.78. The summed E-state index contributed by atoms with van der Waals surface area (Å²) in [6.45, 7) is 0.163. The van der Waals surface area contributed by atoms with E-state index in [1.54, 1.807) is 24.3 Å². The van der Waals surface area contributed by atoms with Crippen molar-refractivity contribution in [3.63, 3.8) is 0 Å². The van der Waals surface area contributed by atoms with Crippen LogP contribution in [0.5, 0.6) is 0 Å². The highest BCUT2D eigenvalue weighted by Crippen LogP contribution is 2.08. The monoisotopic (exact) mass is 296 g/mol. The van der Waals surface area contributed by atoms with Crippen molar-refractivity contribution in [2.24, 2.45) is 0 Å². The van der Waals surface area contributed by atoms with Crippen LogP contribution < -0.4 is 0 Å². The van der Waals surface area contributed by atoms with Gasteiger partial charge in [-0.15, -0.1) is 0 Å². The van der Waals surface area contributed by atoms with Gasteiger partial charge in [-0.1, -0.05) is 42.5 Å². The van der Waals surface area contributed by atoms with Gasteiger partial charge in [-0.3, -0.25) is 0 Å². The first-order valence-corrected chi connectivity index (χ1v) is 6.78. The van der Waals surface area contributed by atoms with Crippen molar-refractivity contribution >= 4 is 18.0 Å². The lowest BCUT2D eigenvalue weighted by atomic mass is 10.1. The Hall–Kier alpha value is -2.88. The van der Waals surface area contributed by atoms with E-state index in [1.165, 1.54) is 13.2 Å². The SMILES string of the molecule is COC(=O)c1cccc(C(=O)OC/C=C/c2ccccc2)c1. The fourth-order valence-corrected chi connectivity index (χ4v) is 1.85. The van der Waals surface area contributed by atoms with Crippen LogP contribution in [0.25, 0.3) is 6.08 Å². The largest absolute Gasteiger partial charge is 0.465 e. The second-order valence-corrected chi connectivity index (χ2v) is 4.48. The minimum atomic E-state index is -0.487. The quantitative estimate of drug-likeness (QED) is 0.794. The molecule has 0 aromatic heterocycles. The van der Waals surface area contributed by atoms with Gasteiger partial charge in [0.15, 0.2) is 0 Å². The number of esters is 2. The Bertz CT molecular complexity index is 674. The lowest BCUT2D eigenvalue weighted by Crippen LogP contribution is -2.08. The van der Waals surface area contributed by atoms with Gasteiger partial charge in [-0.25, -0.2) is 9.59 Å². The molecule has 4 nitrogen and oxygen atoms in total. The van der Waals surface area contributed by atoms with Gasteiger partial charge in [-0.05, 0) is 29.8 Å². The molecule has 0 bridgehead atoms. The van der Waals surface area contributed by atoms with Crippen LogP contribution in [-0.4, -0.2) is 25.7 Å². The molecule has 0 fully saturated rings.